The summed E-state index contributed by atoms with van der Waals surface area (Å²) in [4.78, 5) is 41.0. The van der Waals surface area contributed by atoms with Crippen LogP contribution in [0.1, 0.15) is 72.4 Å². The molecule has 0 atom stereocenters. The van der Waals surface area contributed by atoms with Gasteiger partial charge >= 0.3 is 0 Å². The van der Waals surface area contributed by atoms with Crippen molar-refractivity contribution in [3.8, 4) is 5.75 Å². The smallest absolute Gasteiger partial charge is 0.278 e. The Hall–Kier alpha value is -3.47. The zero-order valence-corrected chi connectivity index (χ0v) is 21.2. The minimum absolute atomic E-state index is 0.0314. The maximum atomic E-state index is 14.0. The van der Waals surface area contributed by atoms with E-state index in [2.05, 4.69) is 5.32 Å². The highest BCUT2D eigenvalue weighted by Gasteiger charge is 2.51. The number of ether oxygens (including phenoxy) is 1. The number of carbonyl (C=O) groups excluding carboxylic acids is 2. The molecular weight excluding hydrogens is 486 g/mol. The van der Waals surface area contributed by atoms with Gasteiger partial charge in [0.05, 0.1) is 6.10 Å². The number of carbonyl (C=O) groups is 2. The first-order chi connectivity index (χ1) is 17.6. The Balaban J connectivity index is 1.66. The summed E-state index contributed by atoms with van der Waals surface area (Å²) in [6.45, 7) is 4.62. The molecule has 0 bridgehead atoms. The van der Waals surface area contributed by atoms with Crippen LogP contribution in [0.4, 0.5) is 8.78 Å². The van der Waals surface area contributed by atoms with Crippen molar-refractivity contribution in [2.45, 2.75) is 64.3 Å². The van der Waals surface area contributed by atoms with Crippen molar-refractivity contribution in [1.82, 2.24) is 14.9 Å². The Morgan fingerprint density at radius 1 is 1.22 bits per heavy atom. The lowest BCUT2D eigenvalue weighted by Gasteiger charge is -2.56. The highest BCUT2D eigenvalue weighted by molar-refractivity contribution is 5.99. The number of aromatic nitrogens is 1. The molecule has 1 aromatic carbocycles. The number of aromatic hydroxyl groups is 1. The van der Waals surface area contributed by atoms with E-state index in [1.165, 1.54) is 16.9 Å². The average Bonchev–Trinajstić information content (AvgIpc) is 2.88. The van der Waals surface area contributed by atoms with Crippen LogP contribution in [0.2, 0.25) is 0 Å². The molecule has 1 fully saturated rings. The van der Waals surface area contributed by atoms with Crippen LogP contribution in [0, 0.1) is 11.6 Å². The van der Waals surface area contributed by atoms with Gasteiger partial charge in [0, 0.05) is 44.6 Å². The summed E-state index contributed by atoms with van der Waals surface area (Å²) in [5, 5.41) is 15.0. The maximum absolute atomic E-state index is 14.0. The summed E-state index contributed by atoms with van der Waals surface area (Å²) in [5.74, 6) is -3.77. The Morgan fingerprint density at radius 2 is 1.92 bits per heavy atom. The van der Waals surface area contributed by atoms with Gasteiger partial charge in [0.15, 0.2) is 11.4 Å². The van der Waals surface area contributed by atoms with Crippen LogP contribution < -0.4 is 15.8 Å². The molecule has 2 amide bonds. The number of nitrogens with zero attached hydrogens (tertiary/aromatic N) is 3. The zero-order valence-electron chi connectivity index (χ0n) is 21.2. The third kappa shape index (κ3) is 4.68. The summed E-state index contributed by atoms with van der Waals surface area (Å²) < 4.78 is 34.4. The van der Waals surface area contributed by atoms with Crippen molar-refractivity contribution in [3.63, 3.8) is 0 Å². The van der Waals surface area contributed by atoms with Gasteiger partial charge in [-0.2, -0.15) is 0 Å². The van der Waals surface area contributed by atoms with Crippen LogP contribution in [0.25, 0.3) is 0 Å². The van der Waals surface area contributed by atoms with Crippen molar-refractivity contribution in [3.05, 3.63) is 63.1 Å². The van der Waals surface area contributed by atoms with Crippen LogP contribution in [0.5, 0.6) is 5.75 Å². The normalized spacial score (nSPS) is 21.3. The van der Waals surface area contributed by atoms with E-state index < -0.39 is 45.9 Å². The summed E-state index contributed by atoms with van der Waals surface area (Å²) >= 11 is 0. The Morgan fingerprint density at radius 3 is 2.54 bits per heavy atom. The number of pyridine rings is 1. The third-order valence-electron chi connectivity index (χ3n) is 7.35. The number of halogens is 2. The molecule has 0 unspecified atom stereocenters. The van der Waals surface area contributed by atoms with Gasteiger partial charge in [-0.1, -0.05) is 13.0 Å². The third-order valence-corrected chi connectivity index (χ3v) is 7.35. The molecule has 2 aliphatic rings. The van der Waals surface area contributed by atoms with E-state index >= 15 is 0 Å². The van der Waals surface area contributed by atoms with Crippen LogP contribution in [-0.4, -0.2) is 58.5 Å². The zero-order chi connectivity index (χ0) is 26.9. The minimum Gasteiger partial charge on any atom is -0.502 e. The van der Waals surface area contributed by atoms with E-state index in [0.717, 1.165) is 25.3 Å². The largest absolute Gasteiger partial charge is 0.502 e. The number of nitrogens with one attached hydrogen (secondary N) is 1. The molecule has 1 saturated carbocycles. The first-order valence-corrected chi connectivity index (χ1v) is 12.5. The van der Waals surface area contributed by atoms with Crippen LogP contribution in [0.3, 0.4) is 0 Å². The molecule has 200 valence electrons. The van der Waals surface area contributed by atoms with Gasteiger partial charge in [0.2, 0.25) is 5.43 Å². The van der Waals surface area contributed by atoms with Crippen molar-refractivity contribution in [2.24, 2.45) is 0 Å². The van der Waals surface area contributed by atoms with E-state index in [1.54, 1.807) is 17.0 Å². The fraction of sp³-hybridized carbons (Fsp3) is 0.500. The van der Waals surface area contributed by atoms with Crippen LogP contribution in [0.15, 0.2) is 29.2 Å². The lowest BCUT2D eigenvalue weighted by Crippen LogP contribution is -2.70. The number of benzene rings is 1. The molecule has 1 aliphatic heterocycles. The summed E-state index contributed by atoms with van der Waals surface area (Å²) in [5.41, 5.74) is -2.32. The first-order valence-electron chi connectivity index (χ1n) is 12.5. The molecule has 4 rings (SSSR count). The topological polar surface area (TPSA) is 104 Å². The van der Waals surface area contributed by atoms with Crippen molar-refractivity contribution in [2.75, 3.05) is 25.2 Å². The van der Waals surface area contributed by atoms with Crippen LogP contribution >= 0.6 is 0 Å². The molecule has 9 nitrogen and oxygen atoms in total. The predicted molar refractivity (Wildman–Crippen MR) is 132 cm³/mol. The fourth-order valence-electron chi connectivity index (χ4n) is 5.35. The minimum atomic E-state index is -1.01. The van der Waals surface area contributed by atoms with Crippen molar-refractivity contribution >= 4 is 11.8 Å². The predicted octanol–water partition coefficient (Wildman–Crippen LogP) is 2.87. The monoisotopic (exact) mass is 518 g/mol. The second-order valence-electron chi connectivity index (χ2n) is 9.46. The van der Waals surface area contributed by atoms with Crippen molar-refractivity contribution < 1.29 is 28.2 Å². The molecule has 2 aromatic rings. The van der Waals surface area contributed by atoms with E-state index in [1.807, 2.05) is 13.8 Å². The summed E-state index contributed by atoms with van der Waals surface area (Å²) in [7, 11) is 1.76. The van der Waals surface area contributed by atoms with E-state index in [4.69, 9.17) is 4.74 Å². The van der Waals surface area contributed by atoms with Gasteiger partial charge in [-0.05, 0) is 45.1 Å². The van der Waals surface area contributed by atoms with Crippen LogP contribution in [-0.2, 0) is 11.3 Å². The number of hydrogen-bond acceptors (Lipinski definition) is 6. The van der Waals surface area contributed by atoms with Gasteiger partial charge in [-0.3, -0.25) is 24.1 Å². The lowest BCUT2D eigenvalue weighted by atomic mass is 9.84. The molecule has 37 heavy (non-hydrogen) atoms. The lowest BCUT2D eigenvalue weighted by molar-refractivity contribution is -0.0339. The molecule has 0 saturated heterocycles. The Kier molecular flexibility index (Phi) is 7.54. The quantitative estimate of drug-likeness (QED) is 0.584. The highest BCUT2D eigenvalue weighted by atomic mass is 19.1. The van der Waals surface area contributed by atoms with Gasteiger partial charge < -0.3 is 20.1 Å². The Bertz CT molecular complexity index is 1260. The standard InChI is InChI=1S/C26H32F2N4O5/c1-4-12-37-18-8-10-26(11-9-18)30(3)32-15-19(22(33)23(34)21(32)25(36)31(26)5-2)24(35)29-14-16-6-7-17(27)13-20(16)28/h6-7,13,15,18,34H,4-5,8-12,14H2,1-3H3,(H,29,35). The average molecular weight is 519 g/mol. The van der Waals surface area contributed by atoms with Gasteiger partial charge in [-0.25, -0.2) is 8.78 Å². The molecule has 1 aromatic heterocycles. The Labute approximate surface area is 213 Å². The number of amides is 2. The van der Waals surface area contributed by atoms with E-state index in [0.29, 0.717) is 32.1 Å². The van der Waals surface area contributed by atoms with Gasteiger partial charge in [-0.15, -0.1) is 0 Å². The molecule has 1 aliphatic carbocycles. The number of fused-ring (bicyclic) bond motifs is 1. The second-order valence-corrected chi connectivity index (χ2v) is 9.46. The van der Waals surface area contributed by atoms with E-state index in [9.17, 15) is 28.3 Å². The maximum Gasteiger partial charge on any atom is 0.278 e. The highest BCUT2D eigenvalue weighted by Crippen LogP contribution is 2.41. The first kappa shape index (κ1) is 26.6. The molecule has 11 heteroatoms. The van der Waals surface area contributed by atoms with Gasteiger partial charge in [0.25, 0.3) is 11.8 Å². The molecule has 2 heterocycles. The number of rotatable bonds is 7. The molecule has 0 radical (unpaired) electrons. The number of hydrogen-bond donors (Lipinski definition) is 2. The molecular formula is C26H32F2N4O5. The van der Waals surface area contributed by atoms with Gasteiger partial charge in [0.1, 0.15) is 22.9 Å². The molecule has 1 spiro atoms. The van der Waals surface area contributed by atoms with E-state index in [-0.39, 0.29) is 23.9 Å². The summed E-state index contributed by atoms with van der Waals surface area (Å²) in [6, 6.07) is 2.95. The molecule has 2 N–H and O–H groups in total. The SMILES string of the molecule is CCCOC1CCC2(CC1)N(CC)C(=O)c1c(O)c(=O)c(C(=O)NCc3ccc(F)cc3F)cn1N2C. The fourth-order valence-corrected chi connectivity index (χ4v) is 5.35. The van der Waals surface area contributed by atoms with Crippen molar-refractivity contribution in [1.29, 1.82) is 0 Å². The summed E-state index contributed by atoms with van der Waals surface area (Å²) in [6.07, 6.45) is 4.91. The second kappa shape index (κ2) is 10.5.